The lowest BCUT2D eigenvalue weighted by Crippen LogP contribution is -2.36. The molecule has 0 spiro atoms. The third-order valence-corrected chi connectivity index (χ3v) is 8.93. The summed E-state index contributed by atoms with van der Waals surface area (Å²) in [5.41, 5.74) is 4.73. The number of amidine groups is 1. The number of hydrogen-bond acceptors (Lipinski definition) is 6. The van der Waals surface area contributed by atoms with Crippen molar-refractivity contribution in [1.29, 1.82) is 0 Å². The van der Waals surface area contributed by atoms with Crippen molar-refractivity contribution in [2.24, 2.45) is 10.9 Å². The van der Waals surface area contributed by atoms with Crippen LogP contribution in [0, 0.1) is 5.92 Å². The Bertz CT molecular complexity index is 1710. The number of halogens is 3. The monoisotopic (exact) mass is 680 g/mol. The van der Waals surface area contributed by atoms with Gasteiger partial charge in [-0.05, 0) is 72.6 Å². The zero-order valence-electron chi connectivity index (χ0n) is 27.3. The molecule has 254 valence electrons. The van der Waals surface area contributed by atoms with Crippen molar-refractivity contribution >= 4 is 28.6 Å². The molecule has 1 aliphatic heterocycles. The Labute approximate surface area is 282 Å². The maximum absolute atomic E-state index is 12.9. The van der Waals surface area contributed by atoms with E-state index in [1.54, 1.807) is 18.9 Å². The molecule has 2 amide bonds. The van der Waals surface area contributed by atoms with Gasteiger partial charge in [0.15, 0.2) is 11.0 Å². The molecule has 48 heavy (non-hydrogen) atoms. The molecule has 1 fully saturated rings. The minimum Gasteiger partial charge on any atom is -0.497 e. The second-order valence-corrected chi connectivity index (χ2v) is 13.0. The van der Waals surface area contributed by atoms with Crippen LogP contribution in [0.3, 0.4) is 0 Å². The smallest absolute Gasteiger partial charge is 0.497 e. The van der Waals surface area contributed by atoms with Crippen LogP contribution in [-0.4, -0.2) is 58.3 Å². The highest BCUT2D eigenvalue weighted by atomic mass is 32.2. The number of nitrogens with one attached hydrogen (secondary N) is 1. The van der Waals surface area contributed by atoms with Gasteiger partial charge in [0.1, 0.15) is 17.8 Å². The van der Waals surface area contributed by atoms with Crippen molar-refractivity contribution in [2.45, 2.75) is 52.3 Å². The summed E-state index contributed by atoms with van der Waals surface area (Å²) in [6.45, 7) is 7.76. The Morgan fingerprint density at radius 3 is 2.46 bits per heavy atom. The van der Waals surface area contributed by atoms with E-state index in [1.807, 2.05) is 36.4 Å². The number of rotatable bonds is 11. The van der Waals surface area contributed by atoms with Gasteiger partial charge in [-0.15, -0.1) is 18.3 Å². The fourth-order valence-electron chi connectivity index (χ4n) is 5.41. The zero-order chi connectivity index (χ0) is 34.3. The molecule has 1 unspecified atom stereocenters. The molecule has 4 aromatic rings. The first kappa shape index (κ1) is 34.8. The number of carbonyl (C=O) groups is 1. The Hall–Kier alpha value is -4.52. The maximum atomic E-state index is 12.9. The van der Waals surface area contributed by atoms with Gasteiger partial charge in [0.2, 0.25) is 0 Å². The second kappa shape index (κ2) is 15.6. The molecule has 1 saturated heterocycles. The van der Waals surface area contributed by atoms with Crippen LogP contribution < -0.4 is 19.7 Å². The van der Waals surface area contributed by atoms with E-state index in [0.29, 0.717) is 35.1 Å². The van der Waals surface area contributed by atoms with E-state index in [1.165, 1.54) is 40.8 Å². The fourth-order valence-corrected chi connectivity index (χ4v) is 6.36. The Morgan fingerprint density at radius 2 is 1.77 bits per heavy atom. The number of nitrogens with zero attached hydrogens (tertiary/aromatic N) is 5. The molecule has 2 heterocycles. The highest BCUT2D eigenvalue weighted by Gasteiger charge is 2.31. The van der Waals surface area contributed by atoms with Gasteiger partial charge in [-0.2, -0.15) is 4.99 Å². The van der Waals surface area contributed by atoms with E-state index in [0.717, 1.165) is 54.1 Å². The van der Waals surface area contributed by atoms with Crippen molar-refractivity contribution in [3.63, 3.8) is 0 Å². The summed E-state index contributed by atoms with van der Waals surface area (Å²) >= 11 is 1.60. The van der Waals surface area contributed by atoms with Crippen LogP contribution in [0.1, 0.15) is 50.7 Å². The van der Waals surface area contributed by atoms with Gasteiger partial charge >= 0.3 is 12.4 Å². The lowest BCUT2D eigenvalue weighted by Gasteiger charge is -2.32. The minimum atomic E-state index is -4.74. The van der Waals surface area contributed by atoms with Crippen molar-refractivity contribution in [3.8, 4) is 28.6 Å². The molecule has 1 atom stereocenters. The lowest BCUT2D eigenvalue weighted by atomic mass is 9.97. The Balaban J connectivity index is 1.12. The van der Waals surface area contributed by atoms with Gasteiger partial charge in [-0.3, -0.25) is 0 Å². The molecule has 1 aliphatic rings. The van der Waals surface area contributed by atoms with E-state index in [9.17, 15) is 18.0 Å². The van der Waals surface area contributed by atoms with Crippen LogP contribution in [0.25, 0.3) is 17.1 Å². The summed E-state index contributed by atoms with van der Waals surface area (Å²) in [6.07, 6.45) is -0.612. The van der Waals surface area contributed by atoms with Crippen molar-refractivity contribution in [1.82, 2.24) is 20.1 Å². The number of ether oxygens (including phenoxy) is 2. The number of anilines is 1. The average Bonchev–Trinajstić information content (AvgIpc) is 3.55. The first-order valence-corrected chi connectivity index (χ1v) is 16.8. The Kier molecular flexibility index (Phi) is 11.3. The predicted molar refractivity (Wildman–Crippen MR) is 183 cm³/mol. The van der Waals surface area contributed by atoms with Crippen molar-refractivity contribution < 1.29 is 27.4 Å². The average molecular weight is 681 g/mol. The number of alkyl halides is 3. The molecule has 1 aromatic heterocycles. The highest BCUT2D eigenvalue weighted by molar-refractivity contribution is 8.14. The number of carbonyl (C=O) groups excluding carboxylic acids is 1. The molecule has 0 radical (unpaired) electrons. The first-order valence-electron chi connectivity index (χ1n) is 15.8. The van der Waals surface area contributed by atoms with E-state index >= 15 is 0 Å². The third kappa shape index (κ3) is 9.30. The summed E-state index contributed by atoms with van der Waals surface area (Å²) in [7, 11) is 1.65. The maximum Gasteiger partial charge on any atom is 0.573 e. The van der Waals surface area contributed by atoms with Gasteiger partial charge in [-0.1, -0.05) is 62.9 Å². The molecule has 13 heteroatoms. The number of aromatic nitrogens is 3. The minimum absolute atomic E-state index is 0.302. The second-order valence-electron chi connectivity index (χ2n) is 11.9. The normalized spacial score (nSPS) is 15.1. The number of urea groups is 1. The zero-order valence-corrected chi connectivity index (χ0v) is 28.1. The van der Waals surface area contributed by atoms with Crippen LogP contribution in [0.4, 0.5) is 23.7 Å². The third-order valence-electron chi connectivity index (χ3n) is 7.87. The number of amides is 2. The number of hydrogen-bond donors (Lipinski definition) is 1. The molecular weight excluding hydrogens is 641 g/mol. The van der Waals surface area contributed by atoms with Gasteiger partial charge in [0, 0.05) is 36.2 Å². The lowest BCUT2D eigenvalue weighted by molar-refractivity contribution is -0.274. The first-order chi connectivity index (χ1) is 23.0. The number of aliphatic imine (C=N–C) groups is 1. The summed E-state index contributed by atoms with van der Waals surface area (Å²) in [5.74, 6) is 2.51. The molecule has 0 saturated carbocycles. The standard InChI is InChI=1S/C35H39F3N6O3S/c1-23(2)30-15-14-29(46-4)21-31(30)43-18-5-19-48-34(43)41-33(45)39-17-16-24(3)20-25-6-8-26(9-7-25)32-40-22-44(42-32)27-10-12-28(13-11-27)47-35(36,37)38/h6-15,21-24H,5,16-20H2,1-4H3,(H,39,45)/b41-34-. The predicted octanol–water partition coefficient (Wildman–Crippen LogP) is 8.24. The largest absolute Gasteiger partial charge is 0.573 e. The Morgan fingerprint density at radius 1 is 1.04 bits per heavy atom. The number of benzene rings is 3. The quantitative estimate of drug-likeness (QED) is 0.171. The van der Waals surface area contributed by atoms with E-state index < -0.39 is 6.36 Å². The SMILES string of the molecule is COc1ccc(C(C)C)c(N2CCCS/C2=N\C(=O)NCCC(C)Cc2ccc(-c3ncn(-c4ccc(OC(F)(F)F)cc4)n3)cc2)c1. The van der Waals surface area contributed by atoms with Crippen LogP contribution >= 0.6 is 11.8 Å². The van der Waals surface area contributed by atoms with Gasteiger partial charge < -0.3 is 19.7 Å². The highest BCUT2D eigenvalue weighted by Crippen LogP contribution is 2.35. The summed E-state index contributed by atoms with van der Waals surface area (Å²) in [5, 5.41) is 8.14. The van der Waals surface area contributed by atoms with E-state index in [4.69, 9.17) is 4.74 Å². The van der Waals surface area contributed by atoms with Crippen molar-refractivity contribution in [3.05, 3.63) is 84.2 Å². The number of methoxy groups -OCH3 is 1. The molecule has 1 N–H and O–H groups in total. The molecule has 3 aromatic carbocycles. The molecular formula is C35H39F3N6O3S. The molecule has 9 nitrogen and oxygen atoms in total. The molecule has 0 bridgehead atoms. The van der Waals surface area contributed by atoms with Crippen LogP contribution in [0.2, 0.25) is 0 Å². The van der Waals surface area contributed by atoms with Crippen molar-refractivity contribution in [2.75, 3.05) is 30.9 Å². The van der Waals surface area contributed by atoms with Crippen LogP contribution in [0.15, 0.2) is 78.0 Å². The summed E-state index contributed by atoms with van der Waals surface area (Å²) in [4.78, 5) is 23.8. The van der Waals surface area contributed by atoms with Crippen LogP contribution in [0.5, 0.6) is 11.5 Å². The molecule has 5 rings (SSSR count). The van der Waals surface area contributed by atoms with Gasteiger partial charge in [0.05, 0.1) is 12.8 Å². The molecule has 0 aliphatic carbocycles. The van der Waals surface area contributed by atoms with E-state index in [2.05, 4.69) is 56.9 Å². The van der Waals surface area contributed by atoms with E-state index in [-0.39, 0.29) is 11.8 Å². The summed E-state index contributed by atoms with van der Waals surface area (Å²) in [6, 6.07) is 19.1. The van der Waals surface area contributed by atoms with Gasteiger partial charge in [-0.25, -0.2) is 14.5 Å². The summed E-state index contributed by atoms with van der Waals surface area (Å²) < 4.78 is 48.2. The topological polar surface area (TPSA) is 93.9 Å². The fraction of sp³-hybridized carbons (Fsp3) is 0.371. The van der Waals surface area contributed by atoms with Gasteiger partial charge in [0.25, 0.3) is 0 Å². The van der Waals surface area contributed by atoms with Crippen LogP contribution in [-0.2, 0) is 6.42 Å². The number of thioether (sulfide) groups is 1.